The summed E-state index contributed by atoms with van der Waals surface area (Å²) in [5, 5.41) is 0. The first-order chi connectivity index (χ1) is 31.0. The van der Waals surface area contributed by atoms with Gasteiger partial charge in [-0.2, -0.15) is 0 Å². The predicted molar refractivity (Wildman–Crippen MR) is 268 cm³/mol. The Kier molecular flexibility index (Phi) is 43.8. The fourth-order valence-electron chi connectivity index (χ4n) is 6.73. The van der Waals surface area contributed by atoms with E-state index in [2.05, 4.69) is 86.8 Å². The van der Waals surface area contributed by atoms with Crippen LogP contribution in [0.2, 0.25) is 0 Å². The standard InChI is InChI=1S/C54H96NO8P/c1-6-8-10-12-14-16-18-20-22-23-24-25-26-27-28-29-30-31-33-35-37-39-41-43-45-47-54(57)63-52(51-62-64(58,59)61-49-48-55(3,4)5)50-60-53(56)46-44-42-40-38-36-34-32-21-19-17-15-13-11-9-7-2/h9,11,15,17-18,20-21,23-24,26-27,32,52H,6-8,10,12-14,16,19,22,25,28-31,33-51H2,1-5H3/b11-9-,17-15-,20-18-,24-23-,27-26-,32-21-. The van der Waals surface area contributed by atoms with Crippen LogP contribution in [0.4, 0.5) is 0 Å². The van der Waals surface area contributed by atoms with Crippen molar-refractivity contribution >= 4 is 19.8 Å². The largest absolute Gasteiger partial charge is 0.756 e. The van der Waals surface area contributed by atoms with E-state index in [4.69, 9.17) is 18.5 Å². The van der Waals surface area contributed by atoms with E-state index < -0.39 is 32.5 Å². The van der Waals surface area contributed by atoms with Gasteiger partial charge in [0.2, 0.25) is 0 Å². The number of nitrogens with zero attached hydrogens (tertiary/aromatic N) is 1. The summed E-state index contributed by atoms with van der Waals surface area (Å²) in [6.07, 6.45) is 57.9. The zero-order valence-electron chi connectivity index (χ0n) is 41.7. The third-order valence-corrected chi connectivity index (χ3v) is 11.7. The average Bonchev–Trinajstić information content (AvgIpc) is 3.25. The van der Waals surface area contributed by atoms with Crippen molar-refractivity contribution < 1.29 is 42.1 Å². The molecule has 0 aliphatic rings. The molecular weight excluding hydrogens is 822 g/mol. The molecule has 0 saturated carbocycles. The van der Waals surface area contributed by atoms with Crippen molar-refractivity contribution in [2.45, 2.75) is 213 Å². The molecular formula is C54H96NO8P. The minimum absolute atomic E-state index is 0.0379. The van der Waals surface area contributed by atoms with Gasteiger partial charge in [0, 0.05) is 12.8 Å². The molecule has 0 fully saturated rings. The van der Waals surface area contributed by atoms with Gasteiger partial charge in [-0.15, -0.1) is 0 Å². The number of carbonyl (C=O) groups excluding carboxylic acids is 2. The molecule has 0 N–H and O–H groups in total. The molecule has 0 radical (unpaired) electrons. The molecule has 2 unspecified atom stereocenters. The van der Waals surface area contributed by atoms with Crippen molar-refractivity contribution in [1.82, 2.24) is 0 Å². The summed E-state index contributed by atoms with van der Waals surface area (Å²) < 4.78 is 34.0. The normalized spacial score (nSPS) is 14.0. The number of quaternary nitrogens is 1. The van der Waals surface area contributed by atoms with Crippen LogP contribution in [-0.4, -0.2) is 70.0 Å². The SMILES string of the molecule is CC/C=C\C/C=C\C/C=C\CCCCCCCC(=O)OCC(COP(=O)([O-])OCC[N+](C)(C)C)OC(=O)CCCCCCCCCCCC/C=C\C/C=C\C/C=C\CCCCCCC. The molecule has 2 atom stereocenters. The van der Waals surface area contributed by atoms with Gasteiger partial charge in [0.05, 0.1) is 27.7 Å². The maximum atomic E-state index is 12.7. The quantitative estimate of drug-likeness (QED) is 0.0195. The minimum atomic E-state index is -4.64. The first-order valence-electron chi connectivity index (χ1n) is 25.6. The molecule has 0 heterocycles. The molecule has 10 heteroatoms. The van der Waals surface area contributed by atoms with Crippen LogP contribution in [0, 0.1) is 0 Å². The Labute approximate surface area is 393 Å². The van der Waals surface area contributed by atoms with Gasteiger partial charge < -0.3 is 27.9 Å². The fourth-order valence-corrected chi connectivity index (χ4v) is 7.46. The minimum Gasteiger partial charge on any atom is -0.756 e. The van der Waals surface area contributed by atoms with Crippen LogP contribution in [0.25, 0.3) is 0 Å². The average molecular weight is 918 g/mol. The molecule has 0 amide bonds. The highest BCUT2D eigenvalue weighted by Crippen LogP contribution is 2.38. The molecule has 0 saturated heterocycles. The molecule has 0 aromatic carbocycles. The summed E-state index contributed by atoms with van der Waals surface area (Å²) in [6.45, 7) is 4.08. The second-order valence-electron chi connectivity index (χ2n) is 18.1. The first kappa shape index (κ1) is 61.5. The number of phosphoric ester groups is 1. The monoisotopic (exact) mass is 918 g/mol. The molecule has 0 spiro atoms. The fraction of sp³-hybridized carbons (Fsp3) is 0.741. The van der Waals surface area contributed by atoms with Gasteiger partial charge in [0.15, 0.2) is 6.10 Å². The number of ether oxygens (including phenoxy) is 2. The van der Waals surface area contributed by atoms with E-state index in [1.807, 2.05) is 21.1 Å². The Bertz CT molecular complexity index is 1310. The summed E-state index contributed by atoms with van der Waals surface area (Å²) in [5.74, 6) is -0.861. The van der Waals surface area contributed by atoms with Crippen molar-refractivity contribution in [3.8, 4) is 0 Å². The molecule has 0 aliphatic heterocycles. The molecule has 0 aromatic heterocycles. The lowest BCUT2D eigenvalue weighted by Gasteiger charge is -2.28. The molecule has 0 bridgehead atoms. The maximum absolute atomic E-state index is 12.7. The summed E-state index contributed by atoms with van der Waals surface area (Å²) in [7, 11) is 1.14. The zero-order valence-corrected chi connectivity index (χ0v) is 42.6. The number of carbonyl (C=O) groups is 2. The van der Waals surface area contributed by atoms with Gasteiger partial charge >= 0.3 is 11.9 Å². The lowest BCUT2D eigenvalue weighted by atomic mass is 10.0. The molecule has 0 aromatic rings. The lowest BCUT2D eigenvalue weighted by Crippen LogP contribution is -2.37. The van der Waals surface area contributed by atoms with Crippen LogP contribution >= 0.6 is 7.82 Å². The molecule has 9 nitrogen and oxygen atoms in total. The Morgan fingerprint density at radius 1 is 0.500 bits per heavy atom. The Hall–Kier alpha value is -2.55. The van der Waals surface area contributed by atoms with E-state index in [0.717, 1.165) is 89.9 Å². The molecule has 64 heavy (non-hydrogen) atoms. The smallest absolute Gasteiger partial charge is 0.306 e. The van der Waals surface area contributed by atoms with Gasteiger partial charge in [0.1, 0.15) is 19.8 Å². The van der Waals surface area contributed by atoms with E-state index in [1.165, 1.54) is 77.0 Å². The van der Waals surface area contributed by atoms with E-state index >= 15 is 0 Å². The van der Waals surface area contributed by atoms with Gasteiger partial charge in [-0.3, -0.25) is 14.2 Å². The zero-order chi connectivity index (χ0) is 47.1. The number of rotatable bonds is 46. The third-order valence-electron chi connectivity index (χ3n) is 10.7. The third kappa shape index (κ3) is 48.9. The predicted octanol–water partition coefficient (Wildman–Crippen LogP) is 14.7. The second kappa shape index (κ2) is 45.6. The van der Waals surface area contributed by atoms with Crippen LogP contribution in [0.15, 0.2) is 72.9 Å². The van der Waals surface area contributed by atoms with Crippen LogP contribution in [0.3, 0.4) is 0 Å². The Morgan fingerprint density at radius 2 is 0.891 bits per heavy atom. The number of hydrogen-bond acceptors (Lipinski definition) is 8. The number of hydrogen-bond donors (Lipinski definition) is 0. The Balaban J connectivity index is 4.25. The number of unbranched alkanes of at least 4 members (excludes halogenated alkanes) is 20. The lowest BCUT2D eigenvalue weighted by molar-refractivity contribution is -0.870. The van der Waals surface area contributed by atoms with Gasteiger partial charge in [0.25, 0.3) is 7.82 Å². The van der Waals surface area contributed by atoms with Crippen molar-refractivity contribution in [1.29, 1.82) is 0 Å². The van der Waals surface area contributed by atoms with E-state index in [-0.39, 0.29) is 26.1 Å². The topological polar surface area (TPSA) is 111 Å². The van der Waals surface area contributed by atoms with Gasteiger partial charge in [-0.05, 0) is 83.5 Å². The first-order valence-corrected chi connectivity index (χ1v) is 27.1. The van der Waals surface area contributed by atoms with Crippen LogP contribution in [-0.2, 0) is 32.7 Å². The molecule has 370 valence electrons. The van der Waals surface area contributed by atoms with Crippen LogP contribution in [0.1, 0.15) is 206 Å². The maximum Gasteiger partial charge on any atom is 0.306 e. The number of likely N-dealkylation sites (N-methyl/N-ethyl adjacent to an activating group) is 1. The number of allylic oxidation sites excluding steroid dienone is 12. The molecule has 0 aliphatic carbocycles. The summed E-state index contributed by atoms with van der Waals surface area (Å²) in [6, 6.07) is 0. The van der Waals surface area contributed by atoms with Crippen molar-refractivity contribution in [3.05, 3.63) is 72.9 Å². The highest BCUT2D eigenvalue weighted by molar-refractivity contribution is 7.45. The summed E-state index contributed by atoms with van der Waals surface area (Å²) >= 11 is 0. The van der Waals surface area contributed by atoms with Crippen LogP contribution < -0.4 is 4.89 Å². The summed E-state index contributed by atoms with van der Waals surface area (Å²) in [5.41, 5.74) is 0. The second-order valence-corrected chi connectivity index (χ2v) is 19.6. The Morgan fingerprint density at radius 3 is 1.33 bits per heavy atom. The van der Waals surface area contributed by atoms with Gasteiger partial charge in [-0.1, -0.05) is 183 Å². The highest BCUT2D eigenvalue weighted by atomic mass is 31.2. The number of phosphoric acid groups is 1. The van der Waals surface area contributed by atoms with Crippen molar-refractivity contribution in [2.75, 3.05) is 47.5 Å². The highest BCUT2D eigenvalue weighted by Gasteiger charge is 2.21. The van der Waals surface area contributed by atoms with E-state index in [0.29, 0.717) is 23.9 Å². The number of esters is 2. The van der Waals surface area contributed by atoms with E-state index in [9.17, 15) is 19.0 Å². The van der Waals surface area contributed by atoms with Gasteiger partial charge in [-0.25, -0.2) is 0 Å². The molecule has 0 rings (SSSR count). The summed E-state index contributed by atoms with van der Waals surface area (Å²) in [4.78, 5) is 37.7. The van der Waals surface area contributed by atoms with Crippen molar-refractivity contribution in [3.63, 3.8) is 0 Å². The van der Waals surface area contributed by atoms with E-state index in [1.54, 1.807) is 0 Å². The van der Waals surface area contributed by atoms with Crippen LogP contribution in [0.5, 0.6) is 0 Å². The van der Waals surface area contributed by atoms with Crippen molar-refractivity contribution in [2.24, 2.45) is 0 Å².